The van der Waals surface area contributed by atoms with E-state index in [0.717, 1.165) is 0 Å². The van der Waals surface area contributed by atoms with Crippen molar-refractivity contribution in [3.63, 3.8) is 0 Å². The van der Waals surface area contributed by atoms with Gasteiger partial charge in [-0.05, 0) is 24.6 Å². The molecule has 0 bridgehead atoms. The highest BCUT2D eigenvalue weighted by Gasteiger charge is 2.22. The summed E-state index contributed by atoms with van der Waals surface area (Å²) in [5.41, 5.74) is 0.136. The Morgan fingerprint density at radius 1 is 1.33 bits per heavy atom. The minimum absolute atomic E-state index is 0.0371. The summed E-state index contributed by atoms with van der Waals surface area (Å²) < 4.78 is 10.4. The van der Waals surface area contributed by atoms with Crippen LogP contribution in [-0.2, 0) is 16.0 Å². The molecule has 1 aromatic carbocycles. The quantitative estimate of drug-likeness (QED) is 0.666. The average molecular weight is 331 g/mol. The van der Waals surface area contributed by atoms with Crippen LogP contribution in [0.1, 0.15) is 21.5 Å². The Bertz CT molecular complexity index is 863. The fourth-order valence-corrected chi connectivity index (χ4v) is 2.86. The molecule has 1 aliphatic heterocycles. The lowest BCUT2D eigenvalue weighted by Gasteiger charge is -2.27. The lowest BCUT2D eigenvalue weighted by Crippen LogP contribution is -2.42. The molecule has 2 heterocycles. The van der Waals surface area contributed by atoms with Gasteiger partial charge in [0.1, 0.15) is 5.75 Å². The molecule has 7 heteroatoms. The summed E-state index contributed by atoms with van der Waals surface area (Å²) in [6.45, 7) is 3.67. The molecule has 0 radical (unpaired) electrons. The van der Waals surface area contributed by atoms with Gasteiger partial charge in [0, 0.05) is 18.5 Å². The molecular formula is C17H17NO6. The normalized spacial score (nSPS) is 14.8. The number of nitrogens with zero attached hydrogens (tertiary/aromatic N) is 1. The first-order valence-corrected chi connectivity index (χ1v) is 7.62. The van der Waals surface area contributed by atoms with Crippen molar-refractivity contribution in [3.8, 4) is 5.75 Å². The number of benzene rings is 1. The Balaban J connectivity index is 2.03. The van der Waals surface area contributed by atoms with Crippen LogP contribution in [0.2, 0.25) is 0 Å². The van der Waals surface area contributed by atoms with Crippen molar-refractivity contribution in [1.82, 2.24) is 4.90 Å². The number of aldehydes is 1. The molecule has 3 rings (SSSR count). The number of fused-ring (bicyclic) bond motifs is 1. The first-order valence-electron chi connectivity index (χ1n) is 7.62. The largest absolute Gasteiger partial charge is 0.507 e. The molecule has 0 aliphatic carbocycles. The first kappa shape index (κ1) is 16.2. The zero-order chi connectivity index (χ0) is 17.3. The zero-order valence-corrected chi connectivity index (χ0v) is 13.2. The van der Waals surface area contributed by atoms with Crippen LogP contribution in [0.25, 0.3) is 11.0 Å². The van der Waals surface area contributed by atoms with E-state index in [1.54, 1.807) is 17.9 Å². The molecule has 0 spiro atoms. The number of rotatable bonds is 3. The first-order chi connectivity index (χ1) is 11.5. The van der Waals surface area contributed by atoms with E-state index in [1.165, 1.54) is 6.07 Å². The number of carbonyl (C=O) groups is 2. The monoisotopic (exact) mass is 331 g/mol. The molecule has 1 amide bonds. The molecule has 7 nitrogen and oxygen atoms in total. The van der Waals surface area contributed by atoms with E-state index in [2.05, 4.69) is 0 Å². The SMILES string of the molecule is Cc1c(CC(=O)N2CCOCC2)c(=O)oc2c(C=O)c(O)ccc12. The van der Waals surface area contributed by atoms with Crippen LogP contribution in [-0.4, -0.2) is 48.5 Å². The van der Waals surface area contributed by atoms with Gasteiger partial charge in [-0.2, -0.15) is 0 Å². The minimum atomic E-state index is -0.671. The van der Waals surface area contributed by atoms with E-state index in [-0.39, 0.29) is 34.8 Å². The van der Waals surface area contributed by atoms with Crippen molar-refractivity contribution in [2.75, 3.05) is 26.3 Å². The topological polar surface area (TPSA) is 97.0 Å². The number of aryl methyl sites for hydroxylation is 1. The third kappa shape index (κ3) is 2.78. The Morgan fingerprint density at radius 2 is 2.04 bits per heavy atom. The summed E-state index contributed by atoms with van der Waals surface area (Å²) in [5.74, 6) is -0.417. The summed E-state index contributed by atoms with van der Waals surface area (Å²) in [6.07, 6.45) is 0.375. The molecule has 2 aromatic rings. The number of phenols is 1. The number of hydrogen-bond acceptors (Lipinski definition) is 6. The van der Waals surface area contributed by atoms with Gasteiger partial charge >= 0.3 is 5.63 Å². The molecule has 0 unspecified atom stereocenters. The fourth-order valence-electron chi connectivity index (χ4n) is 2.86. The van der Waals surface area contributed by atoms with Crippen molar-refractivity contribution in [2.45, 2.75) is 13.3 Å². The predicted octanol–water partition coefficient (Wildman–Crippen LogP) is 1.02. The van der Waals surface area contributed by atoms with Gasteiger partial charge in [-0.15, -0.1) is 0 Å². The van der Waals surface area contributed by atoms with E-state index in [9.17, 15) is 19.5 Å². The molecular weight excluding hydrogens is 314 g/mol. The van der Waals surface area contributed by atoms with E-state index < -0.39 is 5.63 Å². The van der Waals surface area contributed by atoms with Gasteiger partial charge in [0.2, 0.25) is 5.91 Å². The molecule has 1 fully saturated rings. The van der Waals surface area contributed by atoms with Crippen LogP contribution in [0.4, 0.5) is 0 Å². The third-order valence-electron chi connectivity index (χ3n) is 4.28. The number of carbonyl (C=O) groups excluding carboxylic acids is 2. The van der Waals surface area contributed by atoms with E-state index >= 15 is 0 Å². The summed E-state index contributed by atoms with van der Waals surface area (Å²) in [7, 11) is 0. The van der Waals surface area contributed by atoms with Gasteiger partial charge in [0.15, 0.2) is 11.9 Å². The second-order valence-electron chi connectivity index (χ2n) is 5.66. The van der Waals surface area contributed by atoms with Gasteiger partial charge in [0.05, 0.1) is 30.8 Å². The highest BCUT2D eigenvalue weighted by Crippen LogP contribution is 2.28. The number of hydrogen-bond donors (Lipinski definition) is 1. The van der Waals surface area contributed by atoms with Crippen LogP contribution in [0.15, 0.2) is 21.3 Å². The average Bonchev–Trinajstić information content (AvgIpc) is 2.59. The van der Waals surface area contributed by atoms with Gasteiger partial charge in [-0.1, -0.05) is 0 Å². The van der Waals surface area contributed by atoms with E-state index in [1.807, 2.05) is 0 Å². The molecule has 126 valence electrons. The lowest BCUT2D eigenvalue weighted by atomic mass is 10.0. The van der Waals surface area contributed by atoms with Crippen molar-refractivity contribution >= 4 is 23.2 Å². The van der Waals surface area contributed by atoms with E-state index in [4.69, 9.17) is 9.15 Å². The second kappa shape index (κ2) is 6.45. The van der Waals surface area contributed by atoms with Gasteiger partial charge in [-0.3, -0.25) is 9.59 Å². The van der Waals surface area contributed by atoms with Gasteiger partial charge < -0.3 is 19.2 Å². The Morgan fingerprint density at radius 3 is 2.71 bits per heavy atom. The van der Waals surface area contributed by atoms with Crippen LogP contribution >= 0.6 is 0 Å². The summed E-state index contributed by atoms with van der Waals surface area (Å²) in [6, 6.07) is 2.94. The number of ether oxygens (including phenoxy) is 1. The number of phenolic OH excluding ortho intramolecular Hbond substituents is 1. The van der Waals surface area contributed by atoms with Crippen LogP contribution in [0.3, 0.4) is 0 Å². The standard InChI is InChI=1S/C17H17NO6/c1-10-11-2-3-14(20)13(9-19)16(11)24-17(22)12(10)8-15(21)18-4-6-23-7-5-18/h2-3,9,20H,4-8H2,1H3. The molecule has 1 aromatic heterocycles. The Kier molecular flexibility index (Phi) is 4.35. The van der Waals surface area contributed by atoms with Crippen LogP contribution in [0, 0.1) is 6.92 Å². The highest BCUT2D eigenvalue weighted by molar-refractivity contribution is 5.98. The van der Waals surface area contributed by atoms with E-state index in [0.29, 0.717) is 43.5 Å². The predicted molar refractivity (Wildman–Crippen MR) is 85.4 cm³/mol. The number of morpholine rings is 1. The maximum Gasteiger partial charge on any atom is 0.340 e. The lowest BCUT2D eigenvalue weighted by molar-refractivity contribution is -0.134. The van der Waals surface area contributed by atoms with Crippen LogP contribution < -0.4 is 5.63 Å². The second-order valence-corrected chi connectivity index (χ2v) is 5.66. The Labute approximate surface area is 137 Å². The maximum atomic E-state index is 12.4. The molecule has 1 aliphatic rings. The molecule has 0 saturated carbocycles. The third-order valence-corrected chi connectivity index (χ3v) is 4.28. The number of aromatic hydroxyl groups is 1. The zero-order valence-electron chi connectivity index (χ0n) is 13.2. The fraction of sp³-hybridized carbons (Fsp3) is 0.353. The minimum Gasteiger partial charge on any atom is -0.507 e. The molecule has 1 N–H and O–H groups in total. The summed E-state index contributed by atoms with van der Waals surface area (Å²) >= 11 is 0. The van der Waals surface area contributed by atoms with Crippen molar-refractivity contribution < 1.29 is 23.8 Å². The molecule has 0 atom stereocenters. The van der Waals surface area contributed by atoms with Gasteiger partial charge in [-0.25, -0.2) is 4.79 Å². The summed E-state index contributed by atoms with van der Waals surface area (Å²) in [4.78, 5) is 37.5. The highest BCUT2D eigenvalue weighted by atomic mass is 16.5. The van der Waals surface area contributed by atoms with Crippen LogP contribution in [0.5, 0.6) is 5.75 Å². The van der Waals surface area contributed by atoms with Gasteiger partial charge in [0.25, 0.3) is 0 Å². The van der Waals surface area contributed by atoms with Crippen molar-refractivity contribution in [1.29, 1.82) is 0 Å². The molecule has 24 heavy (non-hydrogen) atoms. The Hall–Kier alpha value is -2.67. The smallest absolute Gasteiger partial charge is 0.340 e. The maximum absolute atomic E-state index is 12.4. The summed E-state index contributed by atoms with van der Waals surface area (Å²) in [5, 5.41) is 10.2. The number of amides is 1. The van der Waals surface area contributed by atoms with Crippen molar-refractivity contribution in [2.24, 2.45) is 0 Å². The van der Waals surface area contributed by atoms with Crippen molar-refractivity contribution in [3.05, 3.63) is 39.2 Å². The molecule has 1 saturated heterocycles.